The van der Waals surface area contributed by atoms with Gasteiger partial charge in [0.05, 0.1) is 18.3 Å². The van der Waals surface area contributed by atoms with Gasteiger partial charge in [-0.2, -0.15) is 0 Å². The molecule has 2 bridgehead atoms. The molecular formula is C30H44O7. The minimum Gasteiger partial charge on any atom is -0.458 e. The molecule has 0 radical (unpaired) electrons. The van der Waals surface area contributed by atoms with Crippen molar-refractivity contribution in [3.8, 4) is 0 Å². The highest BCUT2D eigenvalue weighted by Gasteiger charge is 2.67. The lowest BCUT2D eigenvalue weighted by Gasteiger charge is -2.66. The number of ether oxygens (including phenoxy) is 4. The second-order valence-electron chi connectivity index (χ2n) is 13.5. The van der Waals surface area contributed by atoms with E-state index in [-0.39, 0.29) is 52.7 Å². The Morgan fingerprint density at radius 2 is 1.81 bits per heavy atom. The van der Waals surface area contributed by atoms with Crippen LogP contribution in [-0.2, 0) is 28.5 Å². The Balaban J connectivity index is 1.16. The highest BCUT2D eigenvalue weighted by atomic mass is 16.7. The molecule has 4 aliphatic carbocycles. The van der Waals surface area contributed by atoms with E-state index in [0.717, 1.165) is 63.4 Å². The SMILES string of the molecule is CO[C@@H]1C[C@H](O[C@@H]2CC[C@]3(C)[C@H](CC[C@@]45CC[C@@H](C6=CC(=O)OC6)[C@@](C)(CC[C@@H]43)C5=O)C2)O[C@H](C)[C@H]1O. The van der Waals surface area contributed by atoms with Gasteiger partial charge in [-0.3, -0.25) is 4.79 Å². The molecule has 11 atom stereocenters. The molecule has 5 fully saturated rings. The fourth-order valence-electron chi connectivity index (χ4n) is 9.85. The van der Waals surface area contributed by atoms with E-state index >= 15 is 0 Å². The Kier molecular flexibility index (Phi) is 6.42. The van der Waals surface area contributed by atoms with Crippen LogP contribution in [0, 0.1) is 34.0 Å². The highest BCUT2D eigenvalue weighted by Crippen LogP contribution is 2.70. The quantitative estimate of drug-likeness (QED) is 0.439. The van der Waals surface area contributed by atoms with Crippen molar-refractivity contribution in [2.45, 2.75) is 116 Å². The molecule has 2 aliphatic heterocycles. The van der Waals surface area contributed by atoms with Gasteiger partial charge in [0.1, 0.15) is 18.5 Å². The summed E-state index contributed by atoms with van der Waals surface area (Å²) in [7, 11) is 1.63. The Bertz CT molecular complexity index is 977. The largest absolute Gasteiger partial charge is 0.458 e. The third-order valence-electron chi connectivity index (χ3n) is 11.9. The lowest BCUT2D eigenvalue weighted by atomic mass is 9.37. The normalized spacial score (nSPS) is 51.6. The summed E-state index contributed by atoms with van der Waals surface area (Å²) in [6.07, 6.45) is 9.85. The summed E-state index contributed by atoms with van der Waals surface area (Å²) in [4.78, 5) is 26.1. The Hall–Kier alpha value is -1.28. The van der Waals surface area contributed by atoms with Crippen LogP contribution >= 0.6 is 0 Å². The van der Waals surface area contributed by atoms with Crippen molar-refractivity contribution in [2.24, 2.45) is 34.0 Å². The average molecular weight is 517 g/mol. The second-order valence-corrected chi connectivity index (χ2v) is 13.5. The van der Waals surface area contributed by atoms with Gasteiger partial charge >= 0.3 is 5.97 Å². The van der Waals surface area contributed by atoms with Crippen LogP contribution in [0.2, 0.25) is 0 Å². The summed E-state index contributed by atoms with van der Waals surface area (Å²) < 4.78 is 23.2. The first-order chi connectivity index (χ1) is 17.6. The van der Waals surface area contributed by atoms with Gasteiger partial charge in [-0.25, -0.2) is 4.79 Å². The molecule has 206 valence electrons. The zero-order valence-corrected chi connectivity index (χ0v) is 22.9. The molecule has 0 aromatic heterocycles. The van der Waals surface area contributed by atoms with Crippen molar-refractivity contribution >= 4 is 11.8 Å². The van der Waals surface area contributed by atoms with E-state index in [4.69, 9.17) is 18.9 Å². The molecule has 6 rings (SSSR count). The maximum Gasteiger partial charge on any atom is 0.331 e. The topological polar surface area (TPSA) is 91.3 Å². The number of hydrogen-bond acceptors (Lipinski definition) is 7. The van der Waals surface area contributed by atoms with Crippen molar-refractivity contribution in [1.29, 1.82) is 0 Å². The molecular weight excluding hydrogens is 472 g/mol. The first-order valence-corrected chi connectivity index (χ1v) is 14.5. The van der Waals surface area contributed by atoms with Gasteiger partial charge in [0, 0.05) is 30.4 Å². The third kappa shape index (κ3) is 3.89. The van der Waals surface area contributed by atoms with Gasteiger partial charge in [-0.05, 0) is 93.5 Å². The number of hydrogen-bond donors (Lipinski definition) is 1. The van der Waals surface area contributed by atoms with Gasteiger partial charge in [0.25, 0.3) is 0 Å². The minimum atomic E-state index is -0.628. The lowest BCUT2D eigenvalue weighted by Crippen LogP contribution is -2.64. The van der Waals surface area contributed by atoms with E-state index in [0.29, 0.717) is 30.6 Å². The van der Waals surface area contributed by atoms with Crippen molar-refractivity contribution in [1.82, 2.24) is 0 Å². The smallest absolute Gasteiger partial charge is 0.331 e. The number of rotatable bonds is 4. The zero-order chi connectivity index (χ0) is 26.2. The summed E-state index contributed by atoms with van der Waals surface area (Å²) in [6, 6.07) is 0. The van der Waals surface area contributed by atoms with Gasteiger partial charge in [-0.15, -0.1) is 0 Å². The molecule has 7 heteroatoms. The van der Waals surface area contributed by atoms with Gasteiger partial charge in [0.15, 0.2) is 6.29 Å². The lowest BCUT2D eigenvalue weighted by molar-refractivity contribution is -0.272. The number of methoxy groups -OCH3 is 1. The predicted molar refractivity (Wildman–Crippen MR) is 135 cm³/mol. The zero-order valence-electron chi connectivity index (χ0n) is 22.9. The molecule has 0 aromatic carbocycles. The first kappa shape index (κ1) is 26.0. The maximum absolute atomic E-state index is 14.4. The molecule has 2 heterocycles. The van der Waals surface area contributed by atoms with Gasteiger partial charge < -0.3 is 24.1 Å². The van der Waals surface area contributed by atoms with Gasteiger partial charge in [0.2, 0.25) is 0 Å². The second kappa shape index (κ2) is 9.14. The monoisotopic (exact) mass is 516 g/mol. The third-order valence-corrected chi connectivity index (χ3v) is 11.9. The van der Waals surface area contributed by atoms with Crippen LogP contribution in [0.3, 0.4) is 0 Å². The van der Waals surface area contributed by atoms with Crippen LogP contribution in [0.4, 0.5) is 0 Å². The van der Waals surface area contributed by atoms with E-state index in [1.54, 1.807) is 13.2 Å². The average Bonchev–Trinajstić information content (AvgIpc) is 3.29. The van der Waals surface area contributed by atoms with E-state index in [1.165, 1.54) is 0 Å². The molecule has 6 aliphatic rings. The number of aliphatic hydroxyl groups is 1. The van der Waals surface area contributed by atoms with Crippen molar-refractivity contribution in [2.75, 3.05) is 13.7 Å². The summed E-state index contributed by atoms with van der Waals surface area (Å²) >= 11 is 0. The van der Waals surface area contributed by atoms with Crippen LogP contribution in [-0.4, -0.2) is 61.3 Å². The summed E-state index contributed by atoms with van der Waals surface area (Å²) in [6.45, 7) is 6.87. The van der Waals surface area contributed by atoms with Crippen molar-refractivity contribution in [3.63, 3.8) is 0 Å². The molecule has 0 amide bonds. The molecule has 4 saturated carbocycles. The molecule has 7 nitrogen and oxygen atoms in total. The number of carbonyl (C=O) groups excluding carboxylic acids is 2. The molecule has 1 N–H and O–H groups in total. The molecule has 1 spiro atoms. The fraction of sp³-hybridized carbons (Fsp3) is 0.867. The molecule has 0 aromatic rings. The number of carbonyl (C=O) groups is 2. The van der Waals surface area contributed by atoms with E-state index in [1.807, 2.05) is 6.92 Å². The number of esters is 1. The van der Waals surface area contributed by atoms with E-state index < -0.39 is 6.10 Å². The summed E-state index contributed by atoms with van der Waals surface area (Å²) in [5.74, 6) is 1.33. The standard InChI is InChI=1S/C30H44O7/c1-17-26(32)22(34-4)15-25(36-17)37-20-6-9-28(2)19(14-20)5-11-30-12-7-21(18-13-24(31)35-16-18)29(3,27(30)33)10-8-23(28)30/h13,17,19-23,25-26,32H,5-12,14-16H2,1-4H3/t17-,19-,20-,21+,22-,23-,25+,26-,28-,29-,30-/m1/s1. The van der Waals surface area contributed by atoms with Crippen LogP contribution < -0.4 is 0 Å². The summed E-state index contributed by atoms with van der Waals surface area (Å²) in [5.41, 5.74) is 0.597. The Labute approximate surface area is 220 Å². The Morgan fingerprint density at radius 3 is 2.54 bits per heavy atom. The number of cyclic esters (lactones) is 1. The first-order valence-electron chi connectivity index (χ1n) is 14.5. The fourth-order valence-corrected chi connectivity index (χ4v) is 9.85. The van der Waals surface area contributed by atoms with E-state index in [2.05, 4.69) is 13.8 Å². The van der Waals surface area contributed by atoms with Crippen LogP contribution in [0.15, 0.2) is 11.6 Å². The van der Waals surface area contributed by atoms with Crippen molar-refractivity contribution in [3.05, 3.63) is 11.6 Å². The van der Waals surface area contributed by atoms with Gasteiger partial charge in [-0.1, -0.05) is 13.8 Å². The molecule has 37 heavy (non-hydrogen) atoms. The number of ketones is 1. The predicted octanol–water partition coefficient (Wildman–Crippen LogP) is 4.35. The van der Waals surface area contributed by atoms with E-state index in [9.17, 15) is 14.7 Å². The van der Waals surface area contributed by atoms with Crippen LogP contribution in [0.5, 0.6) is 0 Å². The maximum atomic E-state index is 14.4. The van der Waals surface area contributed by atoms with Crippen LogP contribution in [0.25, 0.3) is 0 Å². The highest BCUT2D eigenvalue weighted by molar-refractivity contribution is 5.93. The number of fused-ring (bicyclic) bond motifs is 3. The summed E-state index contributed by atoms with van der Waals surface area (Å²) in [5, 5.41) is 10.3. The Morgan fingerprint density at radius 1 is 1.03 bits per heavy atom. The van der Waals surface area contributed by atoms with Crippen LogP contribution in [0.1, 0.15) is 85.0 Å². The number of Topliss-reactive ketones (excluding diaryl/α,β-unsaturated/α-hetero) is 1. The van der Waals surface area contributed by atoms with Crippen molar-refractivity contribution < 1.29 is 33.6 Å². The number of aliphatic hydroxyl groups excluding tert-OH is 1. The molecule has 1 saturated heterocycles. The minimum absolute atomic E-state index is 0.139. The molecule has 0 unspecified atom stereocenters.